The number of thiazole rings is 1. The second-order valence-corrected chi connectivity index (χ2v) is 8.24. The maximum absolute atomic E-state index is 12.2. The van der Waals surface area contributed by atoms with Crippen LogP contribution in [0.15, 0.2) is 35.6 Å². The van der Waals surface area contributed by atoms with E-state index in [-0.39, 0.29) is 11.7 Å². The van der Waals surface area contributed by atoms with Gasteiger partial charge in [-0.15, -0.1) is 0 Å². The topological polar surface area (TPSA) is 71.0 Å². The molecular weight excluding hydrogens is 390 g/mol. The van der Waals surface area contributed by atoms with E-state index in [9.17, 15) is 4.79 Å². The summed E-state index contributed by atoms with van der Waals surface area (Å²) in [5, 5.41) is 5.28. The molecule has 3 heterocycles. The predicted molar refractivity (Wildman–Crippen MR) is 107 cm³/mol. The highest BCUT2D eigenvalue weighted by Crippen LogP contribution is 2.34. The van der Waals surface area contributed by atoms with Crippen LogP contribution < -0.4 is 10.2 Å². The minimum absolute atomic E-state index is 0.0895. The number of amides is 1. The molecule has 0 bridgehead atoms. The van der Waals surface area contributed by atoms with E-state index in [1.54, 1.807) is 35.6 Å². The molecule has 0 unspecified atom stereocenters. The standard InChI is InChI=1S/C17H16ClN5OS2/c18-11-3-5-12(6-4-11)21-13(24)9-25-16-14-15(19-10-20-16)22-17(26-14)23-7-1-2-8-23/h3-6,10H,1-2,7-9H2,(H,21,24). The third kappa shape index (κ3) is 3.92. The number of halogens is 1. The van der Waals surface area contributed by atoms with Crippen LogP contribution in [0, 0.1) is 0 Å². The van der Waals surface area contributed by atoms with Gasteiger partial charge in [-0.1, -0.05) is 34.7 Å². The zero-order valence-corrected chi connectivity index (χ0v) is 16.2. The van der Waals surface area contributed by atoms with E-state index in [4.69, 9.17) is 11.6 Å². The van der Waals surface area contributed by atoms with Crippen LogP contribution in [0.4, 0.5) is 10.8 Å². The van der Waals surface area contributed by atoms with Gasteiger partial charge in [0.15, 0.2) is 10.8 Å². The molecule has 2 aromatic heterocycles. The smallest absolute Gasteiger partial charge is 0.234 e. The van der Waals surface area contributed by atoms with Crippen molar-refractivity contribution in [1.82, 2.24) is 15.0 Å². The minimum Gasteiger partial charge on any atom is -0.348 e. The summed E-state index contributed by atoms with van der Waals surface area (Å²) in [6.07, 6.45) is 3.91. The van der Waals surface area contributed by atoms with Crippen LogP contribution in [-0.2, 0) is 4.79 Å². The van der Waals surface area contributed by atoms with Gasteiger partial charge in [0.25, 0.3) is 0 Å². The molecule has 0 saturated carbocycles. The fourth-order valence-electron chi connectivity index (χ4n) is 2.73. The molecular formula is C17H16ClN5OS2. The van der Waals surface area contributed by atoms with Gasteiger partial charge in [0.05, 0.1) is 5.75 Å². The number of nitrogens with one attached hydrogen (secondary N) is 1. The van der Waals surface area contributed by atoms with E-state index in [0.29, 0.717) is 10.7 Å². The Hall–Kier alpha value is -1.90. The van der Waals surface area contributed by atoms with Crippen molar-refractivity contribution in [3.8, 4) is 0 Å². The number of anilines is 2. The molecule has 1 amide bonds. The fourth-order valence-corrected chi connectivity index (χ4v) is 4.80. The molecule has 1 fully saturated rings. The summed E-state index contributed by atoms with van der Waals surface area (Å²) < 4.78 is 0.943. The van der Waals surface area contributed by atoms with Gasteiger partial charge in [-0.3, -0.25) is 4.79 Å². The van der Waals surface area contributed by atoms with Crippen LogP contribution in [0.3, 0.4) is 0 Å². The first-order chi connectivity index (χ1) is 12.7. The summed E-state index contributed by atoms with van der Waals surface area (Å²) in [7, 11) is 0. The van der Waals surface area contributed by atoms with Crippen LogP contribution in [0.25, 0.3) is 10.3 Å². The van der Waals surface area contributed by atoms with Crippen LogP contribution in [-0.4, -0.2) is 39.7 Å². The van der Waals surface area contributed by atoms with Gasteiger partial charge in [-0.25, -0.2) is 9.97 Å². The Balaban J connectivity index is 1.44. The lowest BCUT2D eigenvalue weighted by Gasteiger charge is -2.11. The van der Waals surface area contributed by atoms with Crippen LogP contribution in [0.5, 0.6) is 0 Å². The van der Waals surface area contributed by atoms with Gasteiger partial charge in [-0.2, -0.15) is 4.98 Å². The van der Waals surface area contributed by atoms with Crippen molar-refractivity contribution in [2.45, 2.75) is 17.9 Å². The lowest BCUT2D eigenvalue weighted by atomic mass is 10.3. The third-order valence-corrected chi connectivity index (χ3v) is 6.47. The molecule has 0 radical (unpaired) electrons. The Morgan fingerprint density at radius 3 is 2.77 bits per heavy atom. The van der Waals surface area contributed by atoms with Crippen molar-refractivity contribution >= 4 is 61.8 Å². The molecule has 1 N–H and O–H groups in total. The Morgan fingerprint density at radius 1 is 1.23 bits per heavy atom. The van der Waals surface area contributed by atoms with Gasteiger partial charge < -0.3 is 10.2 Å². The lowest BCUT2D eigenvalue weighted by Crippen LogP contribution is -2.16. The maximum Gasteiger partial charge on any atom is 0.234 e. The van der Waals surface area contributed by atoms with Crippen LogP contribution in [0.1, 0.15) is 12.8 Å². The Kier molecular flexibility index (Phi) is 5.23. The van der Waals surface area contributed by atoms with Gasteiger partial charge in [0.1, 0.15) is 16.1 Å². The van der Waals surface area contributed by atoms with Crippen molar-refractivity contribution in [2.75, 3.05) is 29.1 Å². The largest absolute Gasteiger partial charge is 0.348 e. The third-order valence-electron chi connectivity index (χ3n) is 3.99. The zero-order valence-electron chi connectivity index (χ0n) is 13.8. The number of rotatable bonds is 5. The SMILES string of the molecule is O=C(CSc1ncnc2nc(N3CCCC3)sc12)Nc1ccc(Cl)cc1. The Labute approximate surface area is 164 Å². The summed E-state index contributed by atoms with van der Waals surface area (Å²) in [5.74, 6) is 0.180. The van der Waals surface area contributed by atoms with E-state index in [1.165, 1.54) is 30.9 Å². The number of hydrogen-bond acceptors (Lipinski definition) is 7. The number of carbonyl (C=O) groups is 1. The highest BCUT2D eigenvalue weighted by atomic mass is 35.5. The van der Waals surface area contributed by atoms with Crippen LogP contribution >= 0.6 is 34.7 Å². The lowest BCUT2D eigenvalue weighted by molar-refractivity contribution is -0.113. The van der Waals surface area contributed by atoms with E-state index in [0.717, 1.165) is 33.6 Å². The first-order valence-electron chi connectivity index (χ1n) is 8.24. The van der Waals surface area contributed by atoms with E-state index in [1.807, 2.05) is 0 Å². The van der Waals surface area contributed by atoms with Gasteiger partial charge in [0, 0.05) is 23.8 Å². The Morgan fingerprint density at radius 2 is 2.00 bits per heavy atom. The van der Waals surface area contributed by atoms with Crippen molar-refractivity contribution in [2.24, 2.45) is 0 Å². The average Bonchev–Trinajstić information content (AvgIpc) is 3.31. The molecule has 1 aliphatic heterocycles. The Bertz CT molecular complexity index is 925. The monoisotopic (exact) mass is 405 g/mol. The minimum atomic E-state index is -0.0895. The zero-order chi connectivity index (χ0) is 17.9. The summed E-state index contributed by atoms with van der Waals surface area (Å²) in [6.45, 7) is 2.08. The van der Waals surface area contributed by atoms with Crippen molar-refractivity contribution in [1.29, 1.82) is 0 Å². The van der Waals surface area contributed by atoms with Gasteiger partial charge in [-0.05, 0) is 37.1 Å². The predicted octanol–water partition coefficient (Wildman–Crippen LogP) is 4.07. The summed E-state index contributed by atoms with van der Waals surface area (Å²) in [5.41, 5.74) is 1.43. The molecule has 134 valence electrons. The molecule has 0 atom stereocenters. The molecule has 3 aromatic rings. The number of benzene rings is 1. The highest BCUT2D eigenvalue weighted by Gasteiger charge is 2.19. The second kappa shape index (κ2) is 7.77. The molecule has 9 heteroatoms. The number of aromatic nitrogens is 3. The fraction of sp³-hybridized carbons (Fsp3) is 0.294. The van der Waals surface area contributed by atoms with E-state index >= 15 is 0 Å². The maximum atomic E-state index is 12.2. The normalized spacial score (nSPS) is 14.1. The molecule has 1 saturated heterocycles. The molecule has 6 nitrogen and oxygen atoms in total. The van der Waals surface area contributed by atoms with Gasteiger partial charge in [0.2, 0.25) is 5.91 Å². The molecule has 4 rings (SSSR count). The summed E-state index contributed by atoms with van der Waals surface area (Å²) in [6, 6.07) is 7.05. The van der Waals surface area contributed by atoms with E-state index < -0.39 is 0 Å². The van der Waals surface area contributed by atoms with Crippen molar-refractivity contribution < 1.29 is 4.79 Å². The summed E-state index contributed by atoms with van der Waals surface area (Å²) in [4.78, 5) is 27.7. The number of thioether (sulfide) groups is 1. The second-order valence-electron chi connectivity index (χ2n) is 5.87. The molecule has 1 aromatic carbocycles. The number of hydrogen-bond donors (Lipinski definition) is 1. The average molecular weight is 406 g/mol. The number of carbonyl (C=O) groups excluding carboxylic acids is 1. The van der Waals surface area contributed by atoms with Crippen LogP contribution in [0.2, 0.25) is 5.02 Å². The van der Waals surface area contributed by atoms with Crippen molar-refractivity contribution in [3.63, 3.8) is 0 Å². The summed E-state index contributed by atoms with van der Waals surface area (Å²) >= 11 is 8.85. The molecule has 0 spiro atoms. The van der Waals surface area contributed by atoms with Crippen molar-refractivity contribution in [3.05, 3.63) is 35.6 Å². The van der Waals surface area contributed by atoms with E-state index in [2.05, 4.69) is 25.2 Å². The van der Waals surface area contributed by atoms with Gasteiger partial charge >= 0.3 is 0 Å². The quantitative estimate of drug-likeness (QED) is 0.509. The molecule has 1 aliphatic rings. The molecule has 26 heavy (non-hydrogen) atoms. The highest BCUT2D eigenvalue weighted by molar-refractivity contribution is 8.00. The first kappa shape index (κ1) is 17.5. The molecule has 0 aliphatic carbocycles. The number of fused-ring (bicyclic) bond motifs is 1. The first-order valence-corrected chi connectivity index (χ1v) is 10.4. The number of nitrogens with zero attached hydrogens (tertiary/aromatic N) is 4.